The lowest BCUT2D eigenvalue weighted by Crippen LogP contribution is -2.01. The molecule has 1 nitrogen and oxygen atoms in total. The maximum absolute atomic E-state index is 13.1. The van der Waals surface area contributed by atoms with Crippen molar-refractivity contribution < 1.29 is 4.79 Å². The van der Waals surface area contributed by atoms with E-state index in [1.54, 1.807) is 0 Å². The lowest BCUT2D eigenvalue weighted by molar-refractivity contribution is 0.104. The van der Waals surface area contributed by atoms with Gasteiger partial charge < -0.3 is 0 Å². The first kappa shape index (κ1) is 19.6. The van der Waals surface area contributed by atoms with Crippen molar-refractivity contribution in [2.75, 3.05) is 0 Å². The highest BCUT2D eigenvalue weighted by Crippen LogP contribution is 2.32. The molecule has 130 valence electrons. The number of rotatable bonds is 5. The van der Waals surface area contributed by atoms with Gasteiger partial charge in [0.05, 0.1) is 4.91 Å². The molecule has 5 heteroatoms. The third-order valence-electron chi connectivity index (χ3n) is 3.54. The lowest BCUT2D eigenvalue weighted by Gasteiger charge is -2.08. The van der Waals surface area contributed by atoms with Crippen LogP contribution >= 0.6 is 59.6 Å². The molecule has 3 aromatic carbocycles. The second-order valence-electron chi connectivity index (χ2n) is 5.45. The van der Waals surface area contributed by atoms with Crippen LogP contribution in [-0.2, 0) is 0 Å². The van der Waals surface area contributed by atoms with Crippen LogP contribution in [0.25, 0.3) is 6.08 Å². The summed E-state index contributed by atoms with van der Waals surface area (Å²) in [5.74, 6) is 0.00772. The fourth-order valence-corrected chi connectivity index (χ4v) is 3.95. The van der Waals surface area contributed by atoms with Crippen molar-refractivity contribution in [3.05, 3.63) is 102 Å². The van der Waals surface area contributed by atoms with Crippen LogP contribution in [-0.4, -0.2) is 5.78 Å². The minimum absolute atomic E-state index is 0.00772. The fraction of sp³-hybridized carbons (Fsp3) is 0. The maximum Gasteiger partial charge on any atom is 0.199 e. The van der Waals surface area contributed by atoms with Crippen LogP contribution in [0.3, 0.4) is 0 Å². The number of hydrogen-bond acceptors (Lipinski definition) is 2. The van der Waals surface area contributed by atoms with Gasteiger partial charge in [-0.2, -0.15) is 0 Å². The molecule has 0 bridgehead atoms. The quantitative estimate of drug-likeness (QED) is 0.181. The van der Waals surface area contributed by atoms with Gasteiger partial charge in [-0.1, -0.05) is 71.7 Å². The first-order valence-electron chi connectivity index (χ1n) is 7.72. The molecule has 0 spiro atoms. The summed E-state index contributed by atoms with van der Waals surface area (Å²) < 4.78 is 2.98. The zero-order valence-corrected chi connectivity index (χ0v) is 19.0. The minimum atomic E-state index is 0.00772. The molecule has 0 amide bonds. The Morgan fingerprint density at radius 3 is 1.69 bits per heavy atom. The van der Waals surface area contributed by atoms with Crippen LogP contribution in [0.2, 0.25) is 0 Å². The Kier molecular flexibility index (Phi) is 6.92. The zero-order chi connectivity index (χ0) is 18.5. The molecule has 26 heavy (non-hydrogen) atoms. The number of thioether (sulfide) groups is 1. The smallest absolute Gasteiger partial charge is 0.199 e. The van der Waals surface area contributed by atoms with Gasteiger partial charge in [0.25, 0.3) is 0 Å². The predicted octanol–water partition coefficient (Wildman–Crippen LogP) is 7.99. The molecule has 0 saturated carbocycles. The van der Waals surface area contributed by atoms with Crippen molar-refractivity contribution in [3.8, 4) is 0 Å². The molecule has 3 rings (SSSR count). The van der Waals surface area contributed by atoms with E-state index in [1.165, 1.54) is 11.8 Å². The fourth-order valence-electron chi connectivity index (χ4n) is 2.22. The molecule has 0 aliphatic carbocycles. The van der Waals surface area contributed by atoms with E-state index in [0.717, 1.165) is 23.9 Å². The van der Waals surface area contributed by atoms with Crippen LogP contribution in [0.4, 0.5) is 0 Å². The molecule has 0 aliphatic heterocycles. The van der Waals surface area contributed by atoms with E-state index in [4.69, 9.17) is 0 Å². The van der Waals surface area contributed by atoms with Crippen LogP contribution in [0.1, 0.15) is 15.9 Å². The monoisotopic (exact) mass is 550 g/mol. The van der Waals surface area contributed by atoms with Gasteiger partial charge >= 0.3 is 0 Å². The SMILES string of the molecule is O=C(/C(=C\c1ccc(Br)cc1)Sc1ccc(Br)cc1)c1ccc(Br)cc1. The van der Waals surface area contributed by atoms with Crippen molar-refractivity contribution in [1.82, 2.24) is 0 Å². The first-order valence-corrected chi connectivity index (χ1v) is 10.9. The van der Waals surface area contributed by atoms with Crippen molar-refractivity contribution in [2.24, 2.45) is 0 Å². The summed E-state index contributed by atoms with van der Waals surface area (Å²) in [5.41, 5.74) is 1.65. The van der Waals surface area contributed by atoms with E-state index in [0.29, 0.717) is 10.5 Å². The summed E-state index contributed by atoms with van der Waals surface area (Å²) in [5, 5.41) is 0. The summed E-state index contributed by atoms with van der Waals surface area (Å²) in [6.07, 6.45) is 1.93. The van der Waals surface area contributed by atoms with Gasteiger partial charge in [0.15, 0.2) is 5.78 Å². The van der Waals surface area contributed by atoms with Gasteiger partial charge in [0, 0.05) is 23.9 Å². The van der Waals surface area contributed by atoms with Gasteiger partial charge in [-0.3, -0.25) is 4.79 Å². The Balaban J connectivity index is 1.97. The van der Waals surface area contributed by atoms with E-state index >= 15 is 0 Å². The molecule has 0 atom stereocenters. The highest BCUT2D eigenvalue weighted by molar-refractivity contribution is 9.11. The van der Waals surface area contributed by atoms with Gasteiger partial charge in [-0.05, 0) is 72.3 Å². The number of halogens is 3. The predicted molar refractivity (Wildman–Crippen MR) is 121 cm³/mol. The Morgan fingerprint density at radius 1 is 0.692 bits per heavy atom. The summed E-state index contributed by atoms with van der Waals surface area (Å²) in [4.78, 5) is 14.8. The maximum atomic E-state index is 13.1. The molecule has 0 heterocycles. The standard InChI is InChI=1S/C21H13Br3OS/c22-16-5-1-14(2-6-16)13-20(26-19-11-9-18(24)10-12-19)21(25)15-3-7-17(23)8-4-15/h1-13H/b20-13+. The highest BCUT2D eigenvalue weighted by atomic mass is 79.9. The summed E-state index contributed by atoms with van der Waals surface area (Å²) in [6, 6.07) is 23.3. The number of carbonyl (C=O) groups excluding carboxylic acids is 1. The number of ketones is 1. The Morgan fingerprint density at radius 2 is 1.15 bits per heavy atom. The summed E-state index contributed by atoms with van der Waals surface area (Å²) in [7, 11) is 0. The third kappa shape index (κ3) is 5.43. The van der Waals surface area contributed by atoms with Crippen molar-refractivity contribution in [2.45, 2.75) is 4.90 Å². The summed E-state index contributed by atoms with van der Waals surface area (Å²) in [6.45, 7) is 0. The van der Waals surface area contributed by atoms with E-state index in [-0.39, 0.29) is 5.78 Å². The topological polar surface area (TPSA) is 17.1 Å². The van der Waals surface area contributed by atoms with E-state index < -0.39 is 0 Å². The van der Waals surface area contributed by atoms with Gasteiger partial charge in [-0.15, -0.1) is 0 Å². The van der Waals surface area contributed by atoms with Gasteiger partial charge in [0.1, 0.15) is 0 Å². The van der Waals surface area contributed by atoms with Crippen LogP contribution in [0.15, 0.2) is 96.0 Å². The number of allylic oxidation sites excluding steroid dienone is 1. The molecule has 0 aliphatic rings. The first-order chi connectivity index (χ1) is 12.5. The normalized spacial score (nSPS) is 11.4. The molecule has 0 unspecified atom stereocenters. The van der Waals surface area contributed by atoms with E-state index in [1.807, 2.05) is 78.9 Å². The summed E-state index contributed by atoms with van der Waals surface area (Å²) >= 11 is 11.8. The Labute approximate surface area is 182 Å². The number of hydrogen-bond donors (Lipinski definition) is 0. The molecular weight excluding hydrogens is 540 g/mol. The molecule has 3 aromatic rings. The largest absolute Gasteiger partial charge is 0.288 e. The molecule has 0 N–H and O–H groups in total. The Hall–Kier alpha value is -1.14. The molecular formula is C21H13Br3OS. The van der Waals surface area contributed by atoms with Crippen molar-refractivity contribution >= 4 is 71.4 Å². The van der Waals surface area contributed by atoms with Crippen LogP contribution < -0.4 is 0 Å². The Bertz CT molecular complexity index is 931. The van der Waals surface area contributed by atoms with E-state index in [2.05, 4.69) is 47.8 Å². The van der Waals surface area contributed by atoms with Crippen LogP contribution in [0.5, 0.6) is 0 Å². The second-order valence-corrected chi connectivity index (χ2v) is 9.31. The average molecular weight is 553 g/mol. The number of carbonyl (C=O) groups is 1. The second kappa shape index (κ2) is 9.18. The molecule has 0 radical (unpaired) electrons. The minimum Gasteiger partial charge on any atom is -0.288 e. The average Bonchev–Trinajstić information content (AvgIpc) is 2.65. The molecule has 0 fully saturated rings. The highest BCUT2D eigenvalue weighted by Gasteiger charge is 2.14. The van der Waals surface area contributed by atoms with Gasteiger partial charge in [-0.25, -0.2) is 0 Å². The van der Waals surface area contributed by atoms with Gasteiger partial charge in [0.2, 0.25) is 0 Å². The van der Waals surface area contributed by atoms with Crippen molar-refractivity contribution in [1.29, 1.82) is 0 Å². The third-order valence-corrected chi connectivity index (χ3v) is 6.16. The van der Waals surface area contributed by atoms with Crippen LogP contribution in [0, 0.1) is 0 Å². The lowest BCUT2D eigenvalue weighted by atomic mass is 10.1. The number of benzene rings is 3. The van der Waals surface area contributed by atoms with Crippen molar-refractivity contribution in [3.63, 3.8) is 0 Å². The molecule has 0 aromatic heterocycles. The zero-order valence-electron chi connectivity index (χ0n) is 13.5. The van der Waals surface area contributed by atoms with E-state index in [9.17, 15) is 4.79 Å². The number of Topliss-reactive ketones (excluding diaryl/α,β-unsaturated/α-hetero) is 1. The molecule has 0 saturated heterocycles.